The summed E-state index contributed by atoms with van der Waals surface area (Å²) in [6.07, 6.45) is 0.0193. The molecule has 118 valence electrons. The molecule has 0 aliphatic heterocycles. The lowest BCUT2D eigenvalue weighted by atomic mass is 10.4. The first-order valence-electron chi connectivity index (χ1n) is 6.34. The Morgan fingerprint density at radius 1 is 1.32 bits per heavy atom. The van der Waals surface area contributed by atoms with Crippen molar-refractivity contribution >= 4 is 44.0 Å². The van der Waals surface area contributed by atoms with Crippen LogP contribution in [0.5, 0.6) is 0 Å². The Bertz CT molecular complexity index is 757. The predicted molar refractivity (Wildman–Crippen MR) is 86.7 cm³/mol. The maximum absolute atomic E-state index is 12.0. The van der Waals surface area contributed by atoms with Crippen LogP contribution in [0.4, 0.5) is 5.13 Å². The lowest BCUT2D eigenvalue weighted by Gasteiger charge is -2.06. The Morgan fingerprint density at radius 2 is 2.00 bits per heavy atom. The summed E-state index contributed by atoms with van der Waals surface area (Å²) in [5, 5.41) is 5.39. The minimum absolute atomic E-state index is 0.00114. The highest BCUT2D eigenvalue weighted by Crippen LogP contribution is 2.15. The van der Waals surface area contributed by atoms with Gasteiger partial charge in [0.15, 0.2) is 5.13 Å². The summed E-state index contributed by atoms with van der Waals surface area (Å²) in [5.41, 5.74) is 0.823. The molecule has 6 nitrogen and oxygen atoms in total. The summed E-state index contributed by atoms with van der Waals surface area (Å²) < 4.78 is 26.3. The summed E-state index contributed by atoms with van der Waals surface area (Å²) in [5.74, 6) is -0.298. The van der Waals surface area contributed by atoms with Gasteiger partial charge in [-0.05, 0) is 31.2 Å². The summed E-state index contributed by atoms with van der Waals surface area (Å²) >= 11 is 7.03. The van der Waals surface area contributed by atoms with E-state index in [1.54, 1.807) is 0 Å². The van der Waals surface area contributed by atoms with Crippen LogP contribution in [-0.2, 0) is 14.8 Å². The van der Waals surface area contributed by atoms with Crippen LogP contribution in [-0.4, -0.2) is 25.9 Å². The molecule has 0 spiro atoms. The quantitative estimate of drug-likeness (QED) is 0.829. The van der Waals surface area contributed by atoms with Gasteiger partial charge < -0.3 is 5.32 Å². The number of nitrogens with one attached hydrogen (secondary N) is 2. The molecule has 0 saturated heterocycles. The van der Waals surface area contributed by atoms with Gasteiger partial charge >= 0.3 is 0 Å². The van der Waals surface area contributed by atoms with Crippen LogP contribution < -0.4 is 10.0 Å². The maximum atomic E-state index is 12.0. The first-order valence-corrected chi connectivity index (χ1v) is 9.08. The number of anilines is 1. The maximum Gasteiger partial charge on any atom is 0.240 e. The van der Waals surface area contributed by atoms with Gasteiger partial charge in [0.05, 0.1) is 10.6 Å². The Balaban J connectivity index is 1.84. The second-order valence-electron chi connectivity index (χ2n) is 4.44. The summed E-state index contributed by atoms with van der Waals surface area (Å²) in [6, 6.07) is 5.80. The molecule has 2 N–H and O–H groups in total. The summed E-state index contributed by atoms with van der Waals surface area (Å²) in [4.78, 5) is 15.9. The van der Waals surface area contributed by atoms with Gasteiger partial charge in [-0.3, -0.25) is 4.79 Å². The van der Waals surface area contributed by atoms with Crippen molar-refractivity contribution in [2.24, 2.45) is 0 Å². The number of sulfonamides is 1. The second-order valence-corrected chi connectivity index (χ2v) is 7.51. The number of aromatic nitrogens is 1. The van der Waals surface area contributed by atoms with E-state index < -0.39 is 10.0 Å². The summed E-state index contributed by atoms with van der Waals surface area (Å²) in [6.45, 7) is 1.83. The van der Waals surface area contributed by atoms with E-state index in [1.165, 1.54) is 35.6 Å². The zero-order valence-corrected chi connectivity index (χ0v) is 14.1. The van der Waals surface area contributed by atoms with Crippen molar-refractivity contribution < 1.29 is 13.2 Å². The molecule has 22 heavy (non-hydrogen) atoms. The van der Waals surface area contributed by atoms with Crippen LogP contribution in [0.3, 0.4) is 0 Å². The van der Waals surface area contributed by atoms with E-state index in [1.807, 2.05) is 12.3 Å². The highest BCUT2D eigenvalue weighted by atomic mass is 35.5. The lowest BCUT2D eigenvalue weighted by Crippen LogP contribution is -2.27. The molecular weight excluding hydrogens is 346 g/mol. The molecule has 0 aliphatic rings. The molecule has 0 atom stereocenters. The topological polar surface area (TPSA) is 88.2 Å². The third-order valence-corrected chi connectivity index (χ3v) is 5.24. The van der Waals surface area contributed by atoms with Crippen molar-refractivity contribution in [3.8, 4) is 0 Å². The van der Waals surface area contributed by atoms with Gasteiger partial charge in [-0.1, -0.05) is 11.6 Å². The number of carbonyl (C=O) groups is 1. The SMILES string of the molecule is Cc1csc(NC(=O)CCNS(=O)(=O)c2ccc(Cl)cc2)n1. The zero-order chi connectivity index (χ0) is 16.2. The number of hydrogen-bond acceptors (Lipinski definition) is 5. The average Bonchev–Trinajstić information content (AvgIpc) is 2.84. The standard InChI is InChI=1S/C13H14ClN3O3S2/c1-9-8-21-13(16-9)17-12(18)6-7-15-22(19,20)11-4-2-10(14)3-5-11/h2-5,8,15H,6-7H2,1H3,(H,16,17,18). The van der Waals surface area contributed by atoms with Crippen molar-refractivity contribution in [3.63, 3.8) is 0 Å². The van der Waals surface area contributed by atoms with Crippen molar-refractivity contribution in [3.05, 3.63) is 40.4 Å². The average molecular weight is 360 g/mol. The predicted octanol–water partition coefficient (Wildman–Crippen LogP) is 2.41. The van der Waals surface area contributed by atoms with Crippen LogP contribution in [0.25, 0.3) is 0 Å². The first kappa shape index (κ1) is 16.9. The molecule has 0 radical (unpaired) electrons. The molecule has 0 unspecified atom stereocenters. The third kappa shape index (κ3) is 4.77. The molecular formula is C13H14ClN3O3S2. The van der Waals surface area contributed by atoms with E-state index >= 15 is 0 Å². The van der Waals surface area contributed by atoms with E-state index in [0.29, 0.717) is 10.2 Å². The number of carbonyl (C=O) groups excluding carboxylic acids is 1. The van der Waals surface area contributed by atoms with E-state index in [0.717, 1.165) is 5.69 Å². The van der Waals surface area contributed by atoms with Crippen molar-refractivity contribution in [2.45, 2.75) is 18.2 Å². The smallest absolute Gasteiger partial charge is 0.240 e. The van der Waals surface area contributed by atoms with Crippen LogP contribution in [0, 0.1) is 6.92 Å². The highest BCUT2D eigenvalue weighted by molar-refractivity contribution is 7.89. The van der Waals surface area contributed by atoms with Gasteiger partial charge in [-0.25, -0.2) is 18.1 Å². The van der Waals surface area contributed by atoms with E-state index in [2.05, 4.69) is 15.0 Å². The normalized spacial score (nSPS) is 11.4. The Morgan fingerprint density at radius 3 is 2.59 bits per heavy atom. The molecule has 0 saturated carbocycles. The van der Waals surface area contributed by atoms with Gasteiger partial charge in [0.1, 0.15) is 0 Å². The van der Waals surface area contributed by atoms with E-state index in [4.69, 9.17) is 11.6 Å². The lowest BCUT2D eigenvalue weighted by molar-refractivity contribution is -0.116. The van der Waals surface area contributed by atoms with Crippen molar-refractivity contribution in [2.75, 3.05) is 11.9 Å². The number of thiazole rings is 1. The van der Waals surface area contributed by atoms with E-state index in [9.17, 15) is 13.2 Å². The number of aryl methyl sites for hydroxylation is 1. The molecule has 0 fully saturated rings. The number of amides is 1. The Hall–Kier alpha value is -1.48. The fraction of sp³-hybridized carbons (Fsp3) is 0.231. The van der Waals surface area contributed by atoms with Crippen LogP contribution in [0.1, 0.15) is 12.1 Å². The number of nitrogens with zero attached hydrogens (tertiary/aromatic N) is 1. The number of rotatable bonds is 6. The molecule has 1 aromatic heterocycles. The minimum Gasteiger partial charge on any atom is -0.302 e. The monoisotopic (exact) mass is 359 g/mol. The second kappa shape index (κ2) is 7.19. The van der Waals surface area contributed by atoms with Gasteiger partial charge in [0.25, 0.3) is 0 Å². The fourth-order valence-corrected chi connectivity index (χ4v) is 3.45. The Labute approximate surface area is 137 Å². The van der Waals surface area contributed by atoms with Gasteiger partial charge in [-0.2, -0.15) is 0 Å². The van der Waals surface area contributed by atoms with Crippen molar-refractivity contribution in [1.29, 1.82) is 0 Å². The molecule has 1 aromatic carbocycles. The molecule has 0 aliphatic carbocycles. The van der Waals surface area contributed by atoms with Crippen LogP contribution in [0.15, 0.2) is 34.5 Å². The van der Waals surface area contributed by atoms with Crippen molar-refractivity contribution in [1.82, 2.24) is 9.71 Å². The summed E-state index contributed by atoms with van der Waals surface area (Å²) in [7, 11) is -3.64. The molecule has 9 heteroatoms. The number of benzene rings is 1. The molecule has 0 bridgehead atoms. The zero-order valence-electron chi connectivity index (χ0n) is 11.7. The first-order chi connectivity index (χ1) is 10.4. The van der Waals surface area contributed by atoms with Gasteiger partial charge in [0, 0.05) is 23.4 Å². The molecule has 1 amide bonds. The van der Waals surface area contributed by atoms with Crippen LogP contribution in [0.2, 0.25) is 5.02 Å². The minimum atomic E-state index is -3.64. The molecule has 2 aromatic rings. The molecule has 1 heterocycles. The highest BCUT2D eigenvalue weighted by Gasteiger charge is 2.14. The number of hydrogen-bond donors (Lipinski definition) is 2. The van der Waals surface area contributed by atoms with E-state index in [-0.39, 0.29) is 23.8 Å². The number of halogens is 1. The Kier molecular flexibility index (Phi) is 5.52. The van der Waals surface area contributed by atoms with Gasteiger partial charge in [-0.15, -0.1) is 11.3 Å². The molecule has 2 rings (SSSR count). The van der Waals surface area contributed by atoms with Gasteiger partial charge in [0.2, 0.25) is 15.9 Å². The van der Waals surface area contributed by atoms with Crippen LogP contribution >= 0.6 is 22.9 Å². The third-order valence-electron chi connectivity index (χ3n) is 2.63. The fourth-order valence-electron chi connectivity index (χ4n) is 1.59. The largest absolute Gasteiger partial charge is 0.302 e.